The van der Waals surface area contributed by atoms with E-state index in [0.29, 0.717) is 12.1 Å². The van der Waals surface area contributed by atoms with Crippen molar-refractivity contribution >= 4 is 5.97 Å². The molecule has 5 nitrogen and oxygen atoms in total. The van der Waals surface area contributed by atoms with E-state index in [9.17, 15) is 9.90 Å². The van der Waals surface area contributed by atoms with Crippen LogP contribution in [0.3, 0.4) is 0 Å². The Bertz CT molecular complexity index is 616. The molecule has 0 saturated heterocycles. The van der Waals surface area contributed by atoms with Crippen LogP contribution < -0.4 is 0 Å². The standard InChI is InChI=1S/C16H22N2O3/c1-5-12(6-2)15-13(16(19)20)7-8-18(15)9-14-10(3)17-21-11(14)4/h7-8,12H,5-6,9H2,1-4H3,(H,19,20). The largest absolute Gasteiger partial charge is 0.478 e. The second-order valence-corrected chi connectivity index (χ2v) is 5.36. The van der Waals surface area contributed by atoms with Crippen molar-refractivity contribution in [3.05, 3.63) is 40.5 Å². The van der Waals surface area contributed by atoms with Crippen LogP contribution in [0, 0.1) is 13.8 Å². The first-order chi connectivity index (χ1) is 9.99. The molecular weight excluding hydrogens is 268 g/mol. The summed E-state index contributed by atoms with van der Waals surface area (Å²) in [5.41, 5.74) is 3.17. The highest BCUT2D eigenvalue weighted by atomic mass is 16.5. The van der Waals surface area contributed by atoms with Crippen LogP contribution in [-0.4, -0.2) is 20.8 Å². The van der Waals surface area contributed by atoms with E-state index in [1.807, 2.05) is 24.6 Å². The van der Waals surface area contributed by atoms with E-state index in [2.05, 4.69) is 19.0 Å². The number of rotatable bonds is 6. The lowest BCUT2D eigenvalue weighted by Crippen LogP contribution is -2.12. The van der Waals surface area contributed by atoms with Gasteiger partial charge in [0.25, 0.3) is 0 Å². The van der Waals surface area contributed by atoms with Gasteiger partial charge in [0.15, 0.2) is 0 Å². The van der Waals surface area contributed by atoms with Gasteiger partial charge in [-0.15, -0.1) is 0 Å². The molecule has 2 rings (SSSR count). The highest BCUT2D eigenvalue weighted by Gasteiger charge is 2.22. The average Bonchev–Trinajstić information content (AvgIpc) is 3.00. The van der Waals surface area contributed by atoms with Gasteiger partial charge in [-0.1, -0.05) is 19.0 Å². The third kappa shape index (κ3) is 2.86. The van der Waals surface area contributed by atoms with Gasteiger partial charge in [0.2, 0.25) is 0 Å². The van der Waals surface area contributed by atoms with Gasteiger partial charge >= 0.3 is 5.97 Å². The summed E-state index contributed by atoms with van der Waals surface area (Å²) in [5, 5.41) is 13.4. The highest BCUT2D eigenvalue weighted by molar-refractivity contribution is 5.89. The number of nitrogens with zero attached hydrogens (tertiary/aromatic N) is 2. The molecule has 0 saturated carbocycles. The minimum Gasteiger partial charge on any atom is -0.478 e. The van der Waals surface area contributed by atoms with Gasteiger partial charge in [0.05, 0.1) is 17.8 Å². The summed E-state index contributed by atoms with van der Waals surface area (Å²) in [6.07, 6.45) is 3.69. The van der Waals surface area contributed by atoms with Crippen molar-refractivity contribution in [1.29, 1.82) is 0 Å². The SMILES string of the molecule is CCC(CC)c1c(C(=O)O)ccn1Cc1c(C)noc1C. The third-order valence-corrected chi connectivity index (χ3v) is 4.12. The summed E-state index contributed by atoms with van der Waals surface area (Å²) in [5.74, 6) is 0.162. The van der Waals surface area contributed by atoms with Gasteiger partial charge in [-0.2, -0.15) is 0 Å². The molecule has 0 amide bonds. The molecule has 0 aliphatic carbocycles. The maximum Gasteiger partial charge on any atom is 0.337 e. The molecule has 0 radical (unpaired) electrons. The van der Waals surface area contributed by atoms with Crippen molar-refractivity contribution in [2.24, 2.45) is 0 Å². The number of hydrogen-bond acceptors (Lipinski definition) is 3. The molecule has 0 aliphatic rings. The van der Waals surface area contributed by atoms with Crippen molar-refractivity contribution in [2.75, 3.05) is 0 Å². The Hall–Kier alpha value is -2.04. The quantitative estimate of drug-likeness (QED) is 0.879. The normalized spacial score (nSPS) is 11.3. The first-order valence-corrected chi connectivity index (χ1v) is 7.33. The number of carbonyl (C=O) groups is 1. The fourth-order valence-corrected chi connectivity index (χ4v) is 2.83. The maximum atomic E-state index is 11.5. The Morgan fingerprint density at radius 3 is 2.52 bits per heavy atom. The van der Waals surface area contributed by atoms with E-state index < -0.39 is 5.97 Å². The highest BCUT2D eigenvalue weighted by Crippen LogP contribution is 2.29. The van der Waals surface area contributed by atoms with Crippen LogP contribution in [0.5, 0.6) is 0 Å². The number of aromatic carboxylic acids is 1. The van der Waals surface area contributed by atoms with Crippen molar-refractivity contribution in [2.45, 2.75) is 53.0 Å². The zero-order valence-electron chi connectivity index (χ0n) is 13.0. The number of aryl methyl sites for hydroxylation is 2. The molecule has 0 atom stereocenters. The van der Waals surface area contributed by atoms with Gasteiger partial charge in [0.1, 0.15) is 5.76 Å². The van der Waals surface area contributed by atoms with Gasteiger partial charge in [-0.3, -0.25) is 0 Å². The molecule has 0 aromatic carbocycles. The van der Waals surface area contributed by atoms with Crippen molar-refractivity contribution in [3.8, 4) is 0 Å². The molecule has 2 aromatic rings. The Balaban J connectivity index is 2.46. The second-order valence-electron chi connectivity index (χ2n) is 5.36. The van der Waals surface area contributed by atoms with E-state index in [4.69, 9.17) is 4.52 Å². The Kier molecular flexibility index (Phi) is 4.50. The van der Waals surface area contributed by atoms with Crippen LogP contribution in [0.2, 0.25) is 0 Å². The molecule has 21 heavy (non-hydrogen) atoms. The van der Waals surface area contributed by atoms with Crippen molar-refractivity contribution in [3.63, 3.8) is 0 Å². The lowest BCUT2D eigenvalue weighted by Gasteiger charge is -2.18. The number of carboxylic acids is 1. The predicted octanol–water partition coefficient (Wildman–Crippen LogP) is 3.74. The summed E-state index contributed by atoms with van der Waals surface area (Å²) in [6.45, 7) is 8.57. The smallest absolute Gasteiger partial charge is 0.337 e. The van der Waals surface area contributed by atoms with Gasteiger partial charge in [-0.05, 0) is 38.7 Å². The summed E-state index contributed by atoms with van der Waals surface area (Å²) in [4.78, 5) is 11.5. The molecule has 0 unspecified atom stereocenters. The zero-order valence-corrected chi connectivity index (χ0v) is 13.0. The fraction of sp³-hybridized carbons (Fsp3) is 0.500. The van der Waals surface area contributed by atoms with Gasteiger partial charge < -0.3 is 14.2 Å². The lowest BCUT2D eigenvalue weighted by atomic mass is 9.96. The van der Waals surface area contributed by atoms with Crippen molar-refractivity contribution < 1.29 is 14.4 Å². The third-order valence-electron chi connectivity index (χ3n) is 4.12. The van der Waals surface area contributed by atoms with E-state index in [1.54, 1.807) is 6.07 Å². The molecule has 0 bridgehead atoms. The fourth-order valence-electron chi connectivity index (χ4n) is 2.83. The molecule has 1 N–H and O–H groups in total. The number of hydrogen-bond donors (Lipinski definition) is 1. The van der Waals surface area contributed by atoms with E-state index in [-0.39, 0.29) is 5.92 Å². The molecule has 0 spiro atoms. The molecule has 0 aliphatic heterocycles. The van der Waals surface area contributed by atoms with Crippen LogP contribution >= 0.6 is 0 Å². The van der Waals surface area contributed by atoms with Crippen LogP contribution in [0.25, 0.3) is 0 Å². The van der Waals surface area contributed by atoms with E-state index in [0.717, 1.165) is 35.6 Å². The first kappa shape index (κ1) is 15.4. The monoisotopic (exact) mass is 290 g/mol. The van der Waals surface area contributed by atoms with E-state index >= 15 is 0 Å². The van der Waals surface area contributed by atoms with Crippen LogP contribution in [-0.2, 0) is 6.54 Å². The molecule has 0 fully saturated rings. The second kappa shape index (κ2) is 6.16. The summed E-state index contributed by atoms with van der Waals surface area (Å²) in [7, 11) is 0. The number of carboxylic acid groups (broad SMARTS) is 1. The Labute approximate surface area is 124 Å². The first-order valence-electron chi connectivity index (χ1n) is 7.33. The minimum atomic E-state index is -0.866. The van der Waals surface area contributed by atoms with Crippen LogP contribution in [0.1, 0.15) is 65.7 Å². The average molecular weight is 290 g/mol. The van der Waals surface area contributed by atoms with Gasteiger partial charge in [0, 0.05) is 17.5 Å². The van der Waals surface area contributed by atoms with Crippen LogP contribution in [0.15, 0.2) is 16.8 Å². The summed E-state index contributed by atoms with van der Waals surface area (Å²) < 4.78 is 7.22. The molecule has 114 valence electrons. The Morgan fingerprint density at radius 1 is 1.38 bits per heavy atom. The summed E-state index contributed by atoms with van der Waals surface area (Å²) in [6, 6.07) is 1.69. The number of aromatic nitrogens is 2. The summed E-state index contributed by atoms with van der Waals surface area (Å²) >= 11 is 0. The van der Waals surface area contributed by atoms with E-state index in [1.165, 1.54) is 0 Å². The Morgan fingerprint density at radius 2 is 2.05 bits per heavy atom. The van der Waals surface area contributed by atoms with Crippen molar-refractivity contribution in [1.82, 2.24) is 9.72 Å². The van der Waals surface area contributed by atoms with Gasteiger partial charge in [-0.25, -0.2) is 4.79 Å². The predicted molar refractivity (Wildman–Crippen MR) is 79.8 cm³/mol. The molecule has 2 aromatic heterocycles. The molecule has 2 heterocycles. The maximum absolute atomic E-state index is 11.5. The topological polar surface area (TPSA) is 68.3 Å². The molecule has 5 heteroatoms. The minimum absolute atomic E-state index is 0.242. The van der Waals surface area contributed by atoms with Crippen LogP contribution in [0.4, 0.5) is 0 Å². The molecular formula is C16H22N2O3. The lowest BCUT2D eigenvalue weighted by molar-refractivity contribution is 0.0695. The zero-order chi connectivity index (χ0) is 15.6.